The van der Waals surface area contributed by atoms with Crippen LogP contribution in [0.3, 0.4) is 0 Å². The number of amides is 1. The second kappa shape index (κ2) is 8.06. The SMILES string of the molecule is C/N=[Si]1/C[C@@](C)(c2cc(NC(=O)c3ccc(OC)cn3)ccc2F)NC(=N)C1(C)C. The lowest BCUT2D eigenvalue weighted by atomic mass is 9.91. The molecule has 0 radical (unpaired) electrons. The highest BCUT2D eigenvalue weighted by atomic mass is 28.2. The van der Waals surface area contributed by atoms with Crippen molar-refractivity contribution >= 4 is 26.0 Å². The molecule has 0 aliphatic carbocycles. The predicted molar refractivity (Wildman–Crippen MR) is 116 cm³/mol. The molecule has 1 aliphatic rings. The molecule has 3 N–H and O–H groups in total. The van der Waals surface area contributed by atoms with E-state index in [1.807, 2.05) is 20.8 Å². The Bertz CT molecular complexity index is 1020. The smallest absolute Gasteiger partial charge is 0.274 e. The van der Waals surface area contributed by atoms with Gasteiger partial charge in [0, 0.05) is 29.4 Å². The van der Waals surface area contributed by atoms with Gasteiger partial charge in [-0.3, -0.25) is 10.2 Å². The van der Waals surface area contributed by atoms with Gasteiger partial charge in [0.1, 0.15) is 31.7 Å². The van der Waals surface area contributed by atoms with Crippen LogP contribution < -0.4 is 15.4 Å². The number of rotatable bonds is 4. The largest absolute Gasteiger partial charge is 0.495 e. The van der Waals surface area contributed by atoms with Crippen LogP contribution in [0.15, 0.2) is 41.2 Å². The Morgan fingerprint density at radius 3 is 2.67 bits per heavy atom. The van der Waals surface area contributed by atoms with Gasteiger partial charge in [0.05, 0.1) is 18.8 Å². The third-order valence-electron chi connectivity index (χ3n) is 5.56. The van der Waals surface area contributed by atoms with Crippen LogP contribution >= 0.6 is 0 Å². The van der Waals surface area contributed by atoms with Crippen LogP contribution in [-0.2, 0) is 5.54 Å². The summed E-state index contributed by atoms with van der Waals surface area (Å²) in [5.41, 5.74) is 0.288. The first-order chi connectivity index (χ1) is 14.1. The molecule has 1 fully saturated rings. The predicted octanol–water partition coefficient (Wildman–Crippen LogP) is 3.95. The van der Waals surface area contributed by atoms with Gasteiger partial charge >= 0.3 is 0 Å². The fourth-order valence-corrected chi connectivity index (χ4v) is 6.01. The molecule has 0 bridgehead atoms. The molecular weight excluding hydrogens is 401 g/mol. The average Bonchev–Trinajstić information content (AvgIpc) is 2.72. The molecule has 1 atom stereocenters. The molecule has 0 unspecified atom stereocenters. The minimum atomic E-state index is -1.30. The molecule has 0 spiro atoms. The summed E-state index contributed by atoms with van der Waals surface area (Å²) in [6, 6.07) is 8.29. The minimum absolute atomic E-state index is 0.225. The molecule has 1 aliphatic heterocycles. The highest BCUT2D eigenvalue weighted by Crippen LogP contribution is 2.41. The van der Waals surface area contributed by atoms with E-state index < -0.39 is 25.9 Å². The maximum absolute atomic E-state index is 14.8. The fraction of sp³-hybridized carbons (Fsp3) is 0.381. The number of methoxy groups -OCH3 is 1. The number of hydrogen-bond acceptors (Lipinski definition) is 5. The van der Waals surface area contributed by atoms with E-state index in [0.717, 1.165) is 0 Å². The number of amidine groups is 1. The van der Waals surface area contributed by atoms with Crippen molar-refractivity contribution in [3.8, 4) is 5.75 Å². The Kier molecular flexibility index (Phi) is 5.84. The van der Waals surface area contributed by atoms with Gasteiger partial charge in [-0.05, 0) is 37.3 Å². The van der Waals surface area contributed by atoms with Gasteiger partial charge in [-0.1, -0.05) is 13.8 Å². The van der Waals surface area contributed by atoms with Gasteiger partial charge in [-0.2, -0.15) is 0 Å². The fourth-order valence-electron chi connectivity index (χ4n) is 3.55. The molecule has 3 rings (SSSR count). The van der Waals surface area contributed by atoms with Gasteiger partial charge < -0.3 is 20.0 Å². The number of hydrogen-bond donors (Lipinski definition) is 3. The van der Waals surface area contributed by atoms with Crippen LogP contribution in [0.4, 0.5) is 10.1 Å². The lowest BCUT2D eigenvalue weighted by Crippen LogP contribution is -2.56. The number of pyridine rings is 1. The Labute approximate surface area is 176 Å². The van der Waals surface area contributed by atoms with E-state index in [0.29, 0.717) is 28.9 Å². The molecule has 1 aromatic carbocycles. The molecule has 158 valence electrons. The van der Waals surface area contributed by atoms with Crippen molar-refractivity contribution in [3.63, 3.8) is 0 Å². The number of ether oxygens (including phenoxy) is 1. The van der Waals surface area contributed by atoms with E-state index in [9.17, 15) is 9.18 Å². The number of carbonyl (C=O) groups excluding carboxylic acids is 1. The molecular formula is C21H26FN5O2Si. The third-order valence-corrected chi connectivity index (χ3v) is 8.84. The number of benzene rings is 1. The monoisotopic (exact) mass is 427 g/mol. The second-order valence-electron chi connectivity index (χ2n) is 8.04. The van der Waals surface area contributed by atoms with E-state index >= 15 is 0 Å². The summed E-state index contributed by atoms with van der Waals surface area (Å²) in [4.78, 5) is 16.6. The van der Waals surface area contributed by atoms with E-state index in [-0.39, 0.29) is 10.7 Å². The van der Waals surface area contributed by atoms with Crippen LogP contribution in [0.5, 0.6) is 5.75 Å². The van der Waals surface area contributed by atoms with Crippen molar-refractivity contribution in [1.29, 1.82) is 5.41 Å². The van der Waals surface area contributed by atoms with Crippen LogP contribution in [0, 0.1) is 11.2 Å². The molecule has 1 amide bonds. The van der Waals surface area contributed by atoms with Crippen molar-refractivity contribution in [2.75, 3.05) is 19.5 Å². The van der Waals surface area contributed by atoms with Gasteiger partial charge in [0.2, 0.25) is 0 Å². The van der Waals surface area contributed by atoms with Crippen molar-refractivity contribution in [3.05, 3.63) is 53.6 Å². The van der Waals surface area contributed by atoms with Gasteiger partial charge in [0.25, 0.3) is 5.91 Å². The number of anilines is 1. The maximum atomic E-state index is 14.8. The Morgan fingerprint density at radius 1 is 1.33 bits per heavy atom. The Hall–Kier alpha value is -2.94. The molecule has 9 heteroatoms. The number of aromatic nitrogens is 1. The van der Waals surface area contributed by atoms with Crippen LogP contribution in [-0.4, -0.2) is 39.5 Å². The lowest BCUT2D eigenvalue weighted by Gasteiger charge is -2.44. The summed E-state index contributed by atoms with van der Waals surface area (Å²) in [5.74, 6) is 0.109. The van der Waals surface area contributed by atoms with Gasteiger partial charge in [-0.15, -0.1) is 0 Å². The van der Waals surface area contributed by atoms with Crippen molar-refractivity contribution < 1.29 is 13.9 Å². The summed E-state index contributed by atoms with van der Waals surface area (Å²) in [7, 11) is 1.99. The molecule has 1 aromatic heterocycles. The average molecular weight is 428 g/mol. The summed E-state index contributed by atoms with van der Waals surface area (Å²) >= 11 is 0. The van der Waals surface area contributed by atoms with Crippen molar-refractivity contribution in [2.24, 2.45) is 4.63 Å². The summed E-state index contributed by atoms with van der Waals surface area (Å²) < 4.78 is 24.4. The maximum Gasteiger partial charge on any atom is 0.274 e. The van der Waals surface area contributed by atoms with Crippen LogP contribution in [0.25, 0.3) is 0 Å². The van der Waals surface area contributed by atoms with Crippen LogP contribution in [0.1, 0.15) is 36.8 Å². The highest BCUT2D eigenvalue weighted by molar-refractivity contribution is 6.57. The van der Waals surface area contributed by atoms with Crippen molar-refractivity contribution in [1.82, 2.24) is 10.3 Å². The van der Waals surface area contributed by atoms with E-state index in [2.05, 4.69) is 20.3 Å². The zero-order valence-electron chi connectivity index (χ0n) is 17.8. The summed E-state index contributed by atoms with van der Waals surface area (Å²) in [6.45, 7) is 5.87. The molecule has 2 heterocycles. The highest BCUT2D eigenvalue weighted by Gasteiger charge is 2.45. The van der Waals surface area contributed by atoms with Gasteiger partial charge in [0.15, 0.2) is 0 Å². The van der Waals surface area contributed by atoms with E-state index in [1.54, 1.807) is 25.2 Å². The number of nitrogens with zero attached hydrogens (tertiary/aromatic N) is 2. The topological polar surface area (TPSA) is 99.5 Å². The summed E-state index contributed by atoms with van der Waals surface area (Å²) in [5, 5.41) is 14.1. The zero-order valence-corrected chi connectivity index (χ0v) is 18.8. The Balaban J connectivity index is 1.89. The minimum Gasteiger partial charge on any atom is -0.495 e. The normalized spacial score (nSPS) is 21.8. The molecule has 7 nitrogen and oxygen atoms in total. The first kappa shape index (κ1) is 21.8. The second-order valence-corrected chi connectivity index (χ2v) is 11.0. The Morgan fingerprint density at radius 2 is 2.07 bits per heavy atom. The zero-order chi connectivity index (χ0) is 22.1. The van der Waals surface area contributed by atoms with E-state index in [1.165, 1.54) is 25.4 Å². The van der Waals surface area contributed by atoms with Crippen molar-refractivity contribution in [2.45, 2.75) is 37.4 Å². The lowest BCUT2D eigenvalue weighted by molar-refractivity contribution is 0.102. The molecule has 0 saturated carbocycles. The first-order valence-corrected chi connectivity index (χ1v) is 11.2. The third kappa shape index (κ3) is 4.02. The summed E-state index contributed by atoms with van der Waals surface area (Å²) in [6.07, 6.45) is 1.46. The number of carbonyl (C=O) groups is 1. The molecule has 2 aromatic rings. The molecule has 30 heavy (non-hydrogen) atoms. The quantitative estimate of drug-likeness (QED) is 0.643. The van der Waals surface area contributed by atoms with Crippen LogP contribution in [0.2, 0.25) is 11.1 Å². The standard InChI is InChI=1S/C21H26FN5O2Si/c1-20(2)19(23)27-21(3,12-30(20)24-4)15-10-13(6-8-16(15)22)26-18(28)17-9-7-14(29-5)11-25-17/h6-11H,12H2,1-5H3,(H2,23,27)(H,26,28)/b30-24-/t21-/m0/s1. The number of nitrogens with one attached hydrogen (secondary N) is 3. The molecule has 1 saturated heterocycles. The number of halogens is 1. The first-order valence-electron chi connectivity index (χ1n) is 9.55. The van der Waals surface area contributed by atoms with E-state index in [4.69, 9.17) is 10.1 Å². The van der Waals surface area contributed by atoms with Gasteiger partial charge in [-0.25, -0.2) is 9.37 Å².